The molecule has 23 heteroatoms. The van der Waals surface area contributed by atoms with Crippen LogP contribution >= 0.6 is 0 Å². The number of methoxy groups -OCH3 is 1. The summed E-state index contributed by atoms with van der Waals surface area (Å²) in [6, 6.07) is 94.6. The zero-order valence-corrected chi connectivity index (χ0v) is 83.8. The van der Waals surface area contributed by atoms with Gasteiger partial charge in [-0.2, -0.15) is 6.07 Å². The fraction of sp³-hybridized carbons (Fsp3) is 0.125. The molecule has 17 nitrogen and oxygen atoms in total. The van der Waals surface area contributed by atoms with Gasteiger partial charge in [0.25, 0.3) is 0 Å². The molecule has 0 spiro atoms. The van der Waals surface area contributed by atoms with Crippen molar-refractivity contribution in [1.29, 1.82) is 0 Å². The number of allylic oxidation sites excluding steroid dienone is 10. The van der Waals surface area contributed by atoms with E-state index in [4.69, 9.17) is 36.8 Å². The van der Waals surface area contributed by atoms with Crippen LogP contribution in [0.2, 0.25) is 0 Å². The van der Waals surface area contributed by atoms with E-state index in [1.807, 2.05) is 158 Å². The van der Waals surface area contributed by atoms with Gasteiger partial charge in [0.1, 0.15) is 11.5 Å². The van der Waals surface area contributed by atoms with Crippen molar-refractivity contribution in [2.24, 2.45) is 0 Å². The fourth-order valence-corrected chi connectivity index (χ4v) is 11.2. The molecule has 0 fully saturated rings. The molecule has 663 valence electrons. The van der Waals surface area contributed by atoms with E-state index in [1.54, 1.807) is 31.5 Å². The molecule has 15 aromatic rings. The molecule has 0 amide bonds. The number of rotatable bonds is 11. The molecule has 5 radical (unpaired) electrons. The van der Waals surface area contributed by atoms with Gasteiger partial charge >= 0.3 is 0 Å². The number of pyridine rings is 5. The summed E-state index contributed by atoms with van der Waals surface area (Å²) in [5.41, 5.74) is 12.4. The quantitative estimate of drug-likeness (QED) is 0.0458. The van der Waals surface area contributed by atoms with Crippen LogP contribution < -0.4 is 4.74 Å². The Morgan fingerprint density at radius 3 is 0.921 bits per heavy atom. The zero-order valence-electron chi connectivity index (χ0n) is 71.8. The number of carbonyl (C=O) groups is 5. The van der Waals surface area contributed by atoms with Crippen LogP contribution in [0.3, 0.4) is 0 Å². The van der Waals surface area contributed by atoms with E-state index in [9.17, 15) is 28.4 Å². The maximum Gasteiger partial charge on any atom is 0.155 e. The second kappa shape index (κ2) is 60.4. The molecule has 127 heavy (non-hydrogen) atoms. The predicted octanol–water partition coefficient (Wildman–Crippen LogP) is 25.0. The van der Waals surface area contributed by atoms with Gasteiger partial charge < -0.3 is 55.2 Å². The number of fused-ring (bicyclic) bond motifs is 5. The number of halogens is 1. The van der Waals surface area contributed by atoms with Gasteiger partial charge in [0.2, 0.25) is 0 Å². The van der Waals surface area contributed by atoms with E-state index in [2.05, 4.69) is 153 Å². The summed E-state index contributed by atoms with van der Waals surface area (Å²) in [5.74, 6) is 0.268. The van der Waals surface area contributed by atoms with Gasteiger partial charge in [0.05, 0.1) is 42.5 Å². The Morgan fingerprint density at radius 1 is 0.331 bits per heavy atom. The van der Waals surface area contributed by atoms with Crippen LogP contribution in [-0.2, 0) is 124 Å². The average molecular weight is 2580 g/mol. The molecule has 0 saturated carbocycles. The summed E-state index contributed by atoms with van der Waals surface area (Å²) < 4.78 is 18.2. The number of aromatic nitrogens is 5. The number of aryl methyl sites for hydroxylation is 2. The molecule has 5 heterocycles. The number of ether oxygens (including phenoxy) is 1. The fourth-order valence-electron chi connectivity index (χ4n) is 11.2. The van der Waals surface area contributed by atoms with Crippen molar-refractivity contribution in [3.8, 4) is 62.0 Å². The molecular weight excluding hydrogens is 2490 g/mol. The third-order valence-corrected chi connectivity index (χ3v) is 16.1. The number of hydrogen-bond acceptors (Lipinski definition) is 16. The molecule has 5 N–H and O–H groups in total. The van der Waals surface area contributed by atoms with Crippen LogP contribution in [0.25, 0.3) is 115 Å². The molecule has 0 aliphatic carbocycles. The third-order valence-electron chi connectivity index (χ3n) is 16.1. The number of hydrogen-bond donors (Lipinski definition) is 5. The van der Waals surface area contributed by atoms with Gasteiger partial charge in [-0.25, -0.2) is 4.39 Å². The smallest absolute Gasteiger partial charge is 0.155 e. The van der Waals surface area contributed by atoms with Crippen molar-refractivity contribution in [1.82, 2.24) is 24.9 Å². The first-order valence-electron chi connectivity index (χ1n) is 38.1. The standard InChI is InChI=1S/C17H14N.C16H9N2.C16H12NO.C15H9FN.C15H10N.5C5H8O2.5Ir/c1-12-7-13(2)9-16(8-12)17-10-14-5-3-4-6-15(14)11-18-17;1-17-15-8-4-7-13(9-15)16-10-12-5-2-3-6-14(12)11-18-16;1-18-15-8-4-7-13(9-15)16-10-12-5-2-3-6-14(12)11-17-16;16-14-7-6-12-9-15(17-10-13(12)8-14)11-4-2-1-3-5-11;1-2-6-12(7-3-1)15-10-13-8-4-5-9-14(13)11-16-15;5*1-4(6)3-5(2)7;;;;;/h3-8,10-11H,1-2H3;2-6,8-11H;2-6,8-11H,1H3;1-4,6-10H;1-6,8-11H;5*3,6H,1-2H3;;;;;/q5*-1;;;;;;;;;;. The minimum atomic E-state index is -0.238. The molecule has 10 aromatic carbocycles. The summed E-state index contributed by atoms with van der Waals surface area (Å²) in [6.45, 7) is 25.4. The van der Waals surface area contributed by atoms with Gasteiger partial charge in [0, 0.05) is 173 Å². The van der Waals surface area contributed by atoms with E-state index in [0.717, 1.165) is 94.5 Å². The maximum absolute atomic E-state index is 13.0. The van der Waals surface area contributed by atoms with E-state index in [0.29, 0.717) is 5.69 Å². The molecule has 0 unspecified atom stereocenters. The minimum absolute atomic E-state index is 0. The molecule has 15 rings (SSSR count). The van der Waals surface area contributed by atoms with Crippen molar-refractivity contribution in [2.45, 2.75) is 83.1 Å². The Kier molecular flexibility index (Phi) is 53.6. The molecule has 0 bridgehead atoms. The van der Waals surface area contributed by atoms with E-state index in [1.165, 1.54) is 144 Å². The Bertz CT molecular complexity index is 6080. The molecule has 0 aliphatic rings. The number of aliphatic hydroxyl groups is 5. The average Bonchev–Trinajstić information content (AvgIpc) is 0.615. The first-order valence-corrected chi connectivity index (χ1v) is 38.1. The van der Waals surface area contributed by atoms with Crippen LogP contribution in [0.1, 0.15) is 80.4 Å². The number of benzene rings is 10. The van der Waals surface area contributed by atoms with Crippen LogP contribution in [0.4, 0.5) is 10.1 Å². The number of nitrogens with zero attached hydrogens (tertiary/aromatic N) is 6. The van der Waals surface area contributed by atoms with Crippen molar-refractivity contribution in [3.05, 3.63) is 392 Å². The summed E-state index contributed by atoms with van der Waals surface area (Å²) >= 11 is 0. The molecule has 0 atom stereocenters. The van der Waals surface area contributed by atoms with Crippen molar-refractivity contribution in [2.75, 3.05) is 7.11 Å². The first-order chi connectivity index (χ1) is 58.3. The Labute approximate surface area is 809 Å². The molecule has 5 aromatic heterocycles. The van der Waals surface area contributed by atoms with E-state index < -0.39 is 0 Å². The molecule has 0 saturated heterocycles. The van der Waals surface area contributed by atoms with Gasteiger partial charge in [-0.05, 0) is 158 Å². The second-order valence-corrected chi connectivity index (χ2v) is 27.2. The minimum Gasteiger partial charge on any atom is -0.516 e. The Balaban J connectivity index is 0.000000721. The summed E-state index contributed by atoms with van der Waals surface area (Å²) in [6.07, 6.45) is 15.1. The predicted molar refractivity (Wildman–Crippen MR) is 488 cm³/mol. The van der Waals surface area contributed by atoms with Crippen LogP contribution in [0.5, 0.6) is 5.75 Å². The summed E-state index contributed by atoms with van der Waals surface area (Å²) in [7, 11) is 1.66. The number of aliphatic hydroxyl groups excluding tert-OH is 5. The zero-order chi connectivity index (χ0) is 89.0. The van der Waals surface area contributed by atoms with Crippen molar-refractivity contribution >= 4 is 88.5 Å². The van der Waals surface area contributed by atoms with Crippen molar-refractivity contribution in [3.63, 3.8) is 0 Å². The van der Waals surface area contributed by atoms with Crippen LogP contribution in [0, 0.1) is 56.6 Å². The number of carbonyl (C=O) groups excluding carboxylic acids is 5. The monoisotopic (exact) mass is 2590 g/mol. The number of ketones is 5. The Morgan fingerprint density at radius 2 is 0.622 bits per heavy atom. The second-order valence-electron chi connectivity index (χ2n) is 27.2. The van der Waals surface area contributed by atoms with E-state index >= 15 is 0 Å². The normalized spacial score (nSPS) is 10.4. The van der Waals surface area contributed by atoms with Crippen LogP contribution in [0.15, 0.2) is 333 Å². The van der Waals surface area contributed by atoms with Gasteiger partial charge in [-0.3, -0.25) is 28.8 Å². The third kappa shape index (κ3) is 43.0. The summed E-state index contributed by atoms with van der Waals surface area (Å²) in [5, 5.41) is 53.0. The van der Waals surface area contributed by atoms with Crippen molar-refractivity contribution < 1.29 is 159 Å². The SMILES string of the molecule is CC(=O)C=C(C)O.CC(=O)C=C(C)O.CC(=O)C=C(C)O.CC(=O)C=C(C)O.CC(=O)C=C(C)O.COc1cc[c-]c(-c2cc3ccccc3cn2)c1.Cc1[c-]c(-c2cc3ccccc3cn2)cc(C)c1.Fc1ccc2cc(-c3[c-]cccc3)ncc2c1.[C-]#[N+]c1cc[c-]c(-c2cc3ccccc3cn2)c1.[Ir].[Ir].[Ir].[Ir].[Ir].[c-]1ccccc1-c1cc2ccccc2cn1. The molecule has 0 aliphatic heterocycles. The van der Waals surface area contributed by atoms with Crippen LogP contribution in [-0.4, -0.2) is 86.5 Å². The largest absolute Gasteiger partial charge is 0.516 e. The van der Waals surface area contributed by atoms with Gasteiger partial charge in [-0.15, -0.1) is 160 Å². The maximum atomic E-state index is 13.0. The summed E-state index contributed by atoms with van der Waals surface area (Å²) in [4.78, 5) is 75.7. The van der Waals surface area contributed by atoms with Gasteiger partial charge in [0.15, 0.2) is 28.9 Å². The molecular formula is C104H94FIr5N6O11-5. The van der Waals surface area contributed by atoms with E-state index in [-0.39, 0.29) is 164 Å². The van der Waals surface area contributed by atoms with Gasteiger partial charge in [-0.1, -0.05) is 147 Å². The Hall–Kier alpha value is -12.2. The topological polar surface area (TPSA) is 265 Å². The first kappa shape index (κ1) is 113.